The summed E-state index contributed by atoms with van der Waals surface area (Å²) in [5.74, 6) is 1.84. The Morgan fingerprint density at radius 1 is 1.00 bits per heavy atom. The van der Waals surface area contributed by atoms with Gasteiger partial charge in [0.1, 0.15) is 0 Å². The lowest BCUT2D eigenvalue weighted by Crippen LogP contribution is -2.39. The van der Waals surface area contributed by atoms with E-state index in [1.807, 2.05) is 0 Å². The van der Waals surface area contributed by atoms with Crippen molar-refractivity contribution in [2.24, 2.45) is 11.8 Å². The second-order valence-electron chi connectivity index (χ2n) is 5.27. The second kappa shape index (κ2) is 6.44. The molecule has 0 aromatic carbocycles. The molecule has 0 aromatic heterocycles. The van der Waals surface area contributed by atoms with E-state index in [0.717, 1.165) is 11.8 Å². The van der Waals surface area contributed by atoms with Crippen molar-refractivity contribution in [3.63, 3.8) is 0 Å². The Morgan fingerprint density at radius 2 is 1.64 bits per heavy atom. The van der Waals surface area contributed by atoms with Gasteiger partial charge < -0.3 is 4.90 Å². The third-order valence-corrected chi connectivity index (χ3v) is 3.27. The largest absolute Gasteiger partial charge is 0.303 e. The van der Waals surface area contributed by atoms with Crippen molar-refractivity contribution in [1.29, 1.82) is 0 Å². The quantitative estimate of drug-likeness (QED) is 0.609. The molecule has 14 heavy (non-hydrogen) atoms. The van der Waals surface area contributed by atoms with Crippen molar-refractivity contribution < 1.29 is 0 Å². The van der Waals surface area contributed by atoms with Crippen LogP contribution in [0.2, 0.25) is 0 Å². The summed E-state index contributed by atoms with van der Waals surface area (Å²) in [4.78, 5) is 2.68. The summed E-state index contributed by atoms with van der Waals surface area (Å²) >= 11 is 0. The smallest absolute Gasteiger partial charge is 0.000724 e. The van der Waals surface area contributed by atoms with Gasteiger partial charge in [-0.05, 0) is 31.2 Å². The molecule has 1 nitrogen and oxygen atoms in total. The third-order valence-electron chi connectivity index (χ3n) is 3.27. The number of hydrogen-bond donors (Lipinski definition) is 0. The number of unbranched alkanes of at least 4 members (excludes halogenated alkanes) is 3. The van der Waals surface area contributed by atoms with E-state index in [2.05, 4.69) is 25.7 Å². The van der Waals surface area contributed by atoms with Crippen molar-refractivity contribution in [2.45, 2.75) is 52.9 Å². The van der Waals surface area contributed by atoms with Gasteiger partial charge >= 0.3 is 0 Å². The second-order valence-corrected chi connectivity index (χ2v) is 5.27. The maximum Gasteiger partial charge on any atom is 0.000724 e. The summed E-state index contributed by atoms with van der Waals surface area (Å²) in [6, 6.07) is 0. The minimum Gasteiger partial charge on any atom is -0.303 e. The highest BCUT2D eigenvalue weighted by atomic mass is 15.1. The Kier molecular flexibility index (Phi) is 5.54. The van der Waals surface area contributed by atoms with Crippen LogP contribution in [0.1, 0.15) is 52.9 Å². The van der Waals surface area contributed by atoms with E-state index in [1.165, 1.54) is 51.7 Å². The Morgan fingerprint density at radius 3 is 2.21 bits per heavy atom. The number of likely N-dealkylation sites (tertiary alicyclic amines) is 1. The average Bonchev–Trinajstić information content (AvgIpc) is 2.11. The molecule has 1 heterocycles. The lowest BCUT2D eigenvalue weighted by atomic mass is 9.92. The summed E-state index contributed by atoms with van der Waals surface area (Å²) in [6.45, 7) is 11.1. The Labute approximate surface area is 89.9 Å². The van der Waals surface area contributed by atoms with Crippen LogP contribution in [0.25, 0.3) is 0 Å². The molecule has 0 unspecified atom stereocenters. The molecule has 1 heteroatoms. The van der Waals surface area contributed by atoms with Gasteiger partial charge in [0.2, 0.25) is 0 Å². The molecule has 1 rings (SSSR count). The minimum absolute atomic E-state index is 0.921. The van der Waals surface area contributed by atoms with Crippen LogP contribution in [-0.4, -0.2) is 24.5 Å². The summed E-state index contributed by atoms with van der Waals surface area (Å²) < 4.78 is 0. The molecule has 0 aliphatic carbocycles. The fraction of sp³-hybridized carbons (Fsp3) is 1.00. The molecular weight excluding hydrogens is 170 g/mol. The van der Waals surface area contributed by atoms with Crippen molar-refractivity contribution in [3.8, 4) is 0 Å². The van der Waals surface area contributed by atoms with Crippen LogP contribution in [-0.2, 0) is 0 Å². The van der Waals surface area contributed by atoms with Gasteiger partial charge in [-0.25, -0.2) is 0 Å². The van der Waals surface area contributed by atoms with Crippen LogP contribution in [0.15, 0.2) is 0 Å². The molecule has 0 radical (unpaired) electrons. The zero-order valence-electron chi connectivity index (χ0n) is 10.3. The molecule has 2 atom stereocenters. The standard InChI is InChI=1S/C13H27N/c1-4-5-6-7-8-14-10-12(2)9-13(3)11-14/h12-13H,4-11H2,1-3H3/t12-,13+. The molecular formula is C13H27N. The maximum absolute atomic E-state index is 2.68. The maximum atomic E-state index is 2.68. The molecule has 0 spiro atoms. The molecule has 1 fully saturated rings. The van der Waals surface area contributed by atoms with Crippen molar-refractivity contribution >= 4 is 0 Å². The Hall–Kier alpha value is -0.0400. The first kappa shape index (κ1) is 12.0. The van der Waals surface area contributed by atoms with Gasteiger partial charge in [-0.2, -0.15) is 0 Å². The average molecular weight is 197 g/mol. The molecule has 1 aliphatic rings. The number of piperidine rings is 1. The first-order valence-electron chi connectivity index (χ1n) is 6.44. The fourth-order valence-corrected chi connectivity index (χ4v) is 2.74. The topological polar surface area (TPSA) is 3.24 Å². The van der Waals surface area contributed by atoms with Crippen LogP contribution >= 0.6 is 0 Å². The van der Waals surface area contributed by atoms with E-state index >= 15 is 0 Å². The summed E-state index contributed by atoms with van der Waals surface area (Å²) in [5, 5.41) is 0. The van der Waals surface area contributed by atoms with E-state index < -0.39 is 0 Å². The van der Waals surface area contributed by atoms with E-state index in [4.69, 9.17) is 0 Å². The highest BCUT2D eigenvalue weighted by Gasteiger charge is 2.20. The number of nitrogens with zero attached hydrogens (tertiary/aromatic N) is 1. The molecule has 84 valence electrons. The predicted molar refractivity (Wildman–Crippen MR) is 63.5 cm³/mol. The van der Waals surface area contributed by atoms with Gasteiger partial charge in [0.25, 0.3) is 0 Å². The van der Waals surface area contributed by atoms with E-state index in [1.54, 1.807) is 0 Å². The summed E-state index contributed by atoms with van der Waals surface area (Å²) in [6.07, 6.45) is 7.04. The number of hydrogen-bond acceptors (Lipinski definition) is 1. The van der Waals surface area contributed by atoms with Gasteiger partial charge in [0, 0.05) is 13.1 Å². The zero-order valence-corrected chi connectivity index (χ0v) is 10.3. The molecule has 0 amide bonds. The Bertz CT molecular complexity index is 134. The van der Waals surface area contributed by atoms with Gasteiger partial charge in [0.05, 0.1) is 0 Å². The Balaban J connectivity index is 2.10. The summed E-state index contributed by atoms with van der Waals surface area (Å²) in [7, 11) is 0. The molecule has 0 bridgehead atoms. The highest BCUT2D eigenvalue weighted by Crippen LogP contribution is 2.21. The van der Waals surface area contributed by atoms with Crippen LogP contribution < -0.4 is 0 Å². The lowest BCUT2D eigenvalue weighted by molar-refractivity contribution is 0.139. The van der Waals surface area contributed by atoms with Crippen molar-refractivity contribution in [2.75, 3.05) is 19.6 Å². The van der Waals surface area contributed by atoms with Crippen LogP contribution in [0, 0.1) is 11.8 Å². The fourth-order valence-electron chi connectivity index (χ4n) is 2.74. The monoisotopic (exact) mass is 197 g/mol. The highest BCUT2D eigenvalue weighted by molar-refractivity contribution is 4.74. The van der Waals surface area contributed by atoms with Gasteiger partial charge in [0.15, 0.2) is 0 Å². The summed E-state index contributed by atoms with van der Waals surface area (Å²) in [5.41, 5.74) is 0. The van der Waals surface area contributed by atoms with Gasteiger partial charge in [-0.1, -0.05) is 40.0 Å². The van der Waals surface area contributed by atoms with Gasteiger partial charge in [-0.3, -0.25) is 0 Å². The first-order valence-corrected chi connectivity index (χ1v) is 6.44. The molecule has 0 aromatic rings. The van der Waals surface area contributed by atoms with Gasteiger partial charge in [-0.15, -0.1) is 0 Å². The number of rotatable bonds is 5. The van der Waals surface area contributed by atoms with Crippen LogP contribution in [0.5, 0.6) is 0 Å². The zero-order chi connectivity index (χ0) is 10.4. The normalized spacial score (nSPS) is 29.4. The minimum atomic E-state index is 0.921. The third kappa shape index (κ3) is 4.45. The molecule has 0 saturated carbocycles. The molecule has 1 aliphatic heterocycles. The molecule has 1 saturated heterocycles. The lowest BCUT2D eigenvalue weighted by Gasteiger charge is -2.34. The van der Waals surface area contributed by atoms with E-state index in [-0.39, 0.29) is 0 Å². The van der Waals surface area contributed by atoms with Crippen LogP contribution in [0.4, 0.5) is 0 Å². The molecule has 0 N–H and O–H groups in total. The predicted octanol–water partition coefficient (Wildman–Crippen LogP) is 3.54. The van der Waals surface area contributed by atoms with E-state index in [9.17, 15) is 0 Å². The van der Waals surface area contributed by atoms with Crippen LogP contribution in [0.3, 0.4) is 0 Å². The van der Waals surface area contributed by atoms with E-state index in [0.29, 0.717) is 0 Å². The van der Waals surface area contributed by atoms with Crippen molar-refractivity contribution in [1.82, 2.24) is 4.90 Å². The SMILES string of the molecule is CCCCCCN1C[C@H](C)C[C@H](C)C1. The first-order chi connectivity index (χ1) is 6.72. The van der Waals surface area contributed by atoms with Crippen molar-refractivity contribution in [3.05, 3.63) is 0 Å².